The zero-order chi connectivity index (χ0) is 25.1. The van der Waals surface area contributed by atoms with Crippen LogP contribution in [0.1, 0.15) is 41.4 Å². The van der Waals surface area contributed by atoms with Crippen LogP contribution in [0.3, 0.4) is 0 Å². The maximum Gasteiger partial charge on any atom is 0.387 e. The van der Waals surface area contributed by atoms with Crippen LogP contribution < -0.4 is 15.8 Å². The number of nitrogens with one attached hydrogen (secondary N) is 1. The summed E-state index contributed by atoms with van der Waals surface area (Å²) in [6.07, 6.45) is 1.50. The molecule has 2 heterocycles. The lowest BCUT2D eigenvalue weighted by Crippen LogP contribution is -2.52. The van der Waals surface area contributed by atoms with E-state index in [1.807, 2.05) is 0 Å². The van der Waals surface area contributed by atoms with Crippen LogP contribution >= 0.6 is 10.6 Å². The van der Waals surface area contributed by atoms with Crippen LogP contribution in [0.5, 0.6) is 5.75 Å². The zero-order valence-corrected chi connectivity index (χ0v) is 18.9. The van der Waals surface area contributed by atoms with Crippen LogP contribution in [-0.4, -0.2) is 42.7 Å². The Morgan fingerprint density at radius 1 is 1.32 bits per heavy atom. The van der Waals surface area contributed by atoms with E-state index in [9.17, 15) is 27.1 Å². The normalized spacial score (nSPS) is 25.6. The van der Waals surface area contributed by atoms with Crippen molar-refractivity contribution in [3.05, 3.63) is 53.1 Å². The summed E-state index contributed by atoms with van der Waals surface area (Å²) in [6.45, 7) is -0.391. The van der Waals surface area contributed by atoms with Crippen LogP contribution in [0.25, 0.3) is 0 Å². The first-order chi connectivity index (χ1) is 15.8. The molecule has 1 spiro atoms. The van der Waals surface area contributed by atoms with Crippen LogP contribution in [-0.2, 0) is 5.54 Å². The van der Waals surface area contributed by atoms with Gasteiger partial charge in [0, 0.05) is 11.3 Å². The van der Waals surface area contributed by atoms with E-state index in [0.717, 1.165) is 18.3 Å². The Bertz CT molecular complexity index is 1190. The third-order valence-corrected chi connectivity index (χ3v) is 8.90. The van der Waals surface area contributed by atoms with Crippen molar-refractivity contribution in [1.29, 1.82) is 0 Å². The van der Waals surface area contributed by atoms with E-state index in [0.29, 0.717) is 0 Å². The number of nitrogens with zero attached hydrogens (tertiary/aromatic N) is 2. The molecule has 5 N–H and O–H groups in total. The van der Waals surface area contributed by atoms with Crippen molar-refractivity contribution in [2.24, 2.45) is 10.7 Å². The lowest BCUT2D eigenvalue weighted by Gasteiger charge is -2.51. The van der Waals surface area contributed by atoms with Crippen molar-refractivity contribution < 1.29 is 36.2 Å². The Hall–Kier alpha value is -2.90. The van der Waals surface area contributed by atoms with Crippen LogP contribution in [0.2, 0.25) is 0 Å². The van der Waals surface area contributed by atoms with E-state index in [4.69, 9.17) is 5.73 Å². The summed E-state index contributed by atoms with van der Waals surface area (Å²) in [4.78, 5) is 20.7. The predicted octanol–water partition coefficient (Wildman–Crippen LogP) is 4.55. The van der Waals surface area contributed by atoms with E-state index in [1.54, 1.807) is 0 Å². The SMILES string of the molecule is Cc1cc(OC(F)F)cnc1C(=O)Nc1ccc(F)c([C@@]2(C)N=C(N)C3(CC3)S(O)(O)[C@@H]2F)c1. The van der Waals surface area contributed by atoms with E-state index in [1.165, 1.54) is 26.0 Å². The molecule has 8 nitrogen and oxygen atoms in total. The van der Waals surface area contributed by atoms with Gasteiger partial charge < -0.3 is 15.8 Å². The predicted molar refractivity (Wildman–Crippen MR) is 119 cm³/mol. The molecule has 1 amide bonds. The van der Waals surface area contributed by atoms with Gasteiger partial charge in [0.15, 0.2) is 0 Å². The summed E-state index contributed by atoms with van der Waals surface area (Å²) in [5.41, 5.74) is 1.42. The van der Waals surface area contributed by atoms with E-state index in [-0.39, 0.29) is 46.9 Å². The smallest absolute Gasteiger partial charge is 0.387 e. The first-order valence-electron chi connectivity index (χ1n) is 10.1. The van der Waals surface area contributed by atoms with Crippen molar-refractivity contribution in [2.45, 2.75) is 49.1 Å². The highest BCUT2D eigenvalue weighted by Gasteiger charge is 2.67. The number of aliphatic imine (C=N–C) groups is 1. The van der Waals surface area contributed by atoms with Crippen molar-refractivity contribution in [1.82, 2.24) is 4.98 Å². The average molecular weight is 502 g/mol. The van der Waals surface area contributed by atoms with Gasteiger partial charge in [-0.15, -0.1) is 10.6 Å². The second kappa shape index (κ2) is 8.10. The fourth-order valence-electron chi connectivity index (χ4n) is 4.06. The molecular formula is C21H22F4N4O4S. The number of hydrogen-bond acceptors (Lipinski definition) is 7. The number of carbonyl (C=O) groups is 1. The fraction of sp³-hybridized carbons (Fsp3) is 0.381. The highest BCUT2D eigenvalue weighted by Crippen LogP contribution is 2.73. The van der Waals surface area contributed by atoms with Crippen molar-refractivity contribution >= 4 is 28.0 Å². The number of carbonyl (C=O) groups excluding carboxylic acids is 1. The molecule has 4 rings (SSSR count). The summed E-state index contributed by atoms with van der Waals surface area (Å²) in [5, 5.41) is 2.48. The van der Waals surface area contributed by atoms with Gasteiger partial charge in [0.05, 0.1) is 6.20 Å². The molecule has 2 aliphatic rings. The van der Waals surface area contributed by atoms with Crippen LogP contribution in [0.4, 0.5) is 23.2 Å². The number of ether oxygens (including phenoxy) is 1. The largest absolute Gasteiger partial charge is 0.433 e. The molecule has 1 aliphatic heterocycles. The molecule has 184 valence electrons. The van der Waals surface area contributed by atoms with Gasteiger partial charge >= 0.3 is 6.61 Å². The molecule has 0 saturated heterocycles. The topological polar surface area (TPSA) is 130 Å². The van der Waals surface area contributed by atoms with Gasteiger partial charge in [-0.3, -0.25) is 18.9 Å². The number of hydrogen-bond donors (Lipinski definition) is 4. The number of halogens is 4. The monoisotopic (exact) mass is 502 g/mol. The Kier molecular flexibility index (Phi) is 5.77. The van der Waals surface area contributed by atoms with E-state index < -0.39 is 44.7 Å². The molecule has 13 heteroatoms. The molecule has 0 bridgehead atoms. The molecule has 1 aliphatic carbocycles. The third-order valence-electron chi connectivity index (χ3n) is 6.09. The molecule has 0 radical (unpaired) electrons. The van der Waals surface area contributed by atoms with Gasteiger partial charge in [-0.1, -0.05) is 0 Å². The Labute approximate surface area is 193 Å². The van der Waals surface area contributed by atoms with Gasteiger partial charge in [-0.25, -0.2) is 13.8 Å². The van der Waals surface area contributed by atoms with Gasteiger partial charge in [0.2, 0.25) is 5.50 Å². The first kappa shape index (κ1) is 24.2. The lowest BCUT2D eigenvalue weighted by atomic mass is 9.92. The van der Waals surface area contributed by atoms with Gasteiger partial charge in [-0.05, 0) is 56.5 Å². The van der Waals surface area contributed by atoms with Gasteiger partial charge in [0.25, 0.3) is 5.91 Å². The third kappa shape index (κ3) is 3.77. The number of aromatic nitrogens is 1. The summed E-state index contributed by atoms with van der Waals surface area (Å²) in [7, 11) is -3.90. The molecule has 34 heavy (non-hydrogen) atoms. The molecule has 1 aromatic carbocycles. The minimum Gasteiger partial charge on any atom is -0.433 e. The highest BCUT2D eigenvalue weighted by atomic mass is 32.3. The van der Waals surface area contributed by atoms with Gasteiger partial charge in [-0.2, -0.15) is 8.78 Å². The van der Waals surface area contributed by atoms with Crippen molar-refractivity contribution in [3.8, 4) is 5.75 Å². The van der Waals surface area contributed by atoms with E-state index in [2.05, 4.69) is 20.0 Å². The summed E-state index contributed by atoms with van der Waals surface area (Å²) in [6, 6.07) is 4.52. The number of benzene rings is 1. The Morgan fingerprint density at radius 3 is 2.59 bits per heavy atom. The summed E-state index contributed by atoms with van der Waals surface area (Å²) < 4.78 is 79.1. The maximum absolute atomic E-state index is 15.5. The number of alkyl halides is 3. The molecule has 1 fully saturated rings. The average Bonchev–Trinajstić information content (AvgIpc) is 3.55. The number of amides is 1. The number of nitrogens with two attached hydrogens (primary N) is 1. The van der Waals surface area contributed by atoms with E-state index >= 15 is 4.39 Å². The van der Waals surface area contributed by atoms with Crippen LogP contribution in [0.15, 0.2) is 35.5 Å². The standard InChI is InChI=1S/C21H22F4N4O4S/c1-10-7-12(33-19(24)25)9-27-15(10)16(30)28-11-3-4-14(22)13(8-11)20(2)17(23)34(31,32)21(5-6-21)18(26)29-20/h3-4,7-9,17,19,31-32H,5-6H2,1-2H3,(H2,26,29)(H,28,30)/t17-,20+/m0/s1. The second-order valence-corrected chi connectivity index (χ2v) is 10.8. The summed E-state index contributed by atoms with van der Waals surface area (Å²) in [5.74, 6) is -2.00. The number of anilines is 1. The molecule has 2 aromatic rings. The van der Waals surface area contributed by atoms with Crippen molar-refractivity contribution in [3.63, 3.8) is 0 Å². The molecule has 1 aromatic heterocycles. The molecule has 0 unspecified atom stereocenters. The number of aryl methyl sites for hydroxylation is 1. The Morgan fingerprint density at radius 2 is 2.00 bits per heavy atom. The lowest BCUT2D eigenvalue weighted by molar-refractivity contribution is -0.0501. The number of rotatable bonds is 5. The molecular weight excluding hydrogens is 480 g/mol. The number of pyridine rings is 1. The number of amidine groups is 1. The zero-order valence-electron chi connectivity index (χ0n) is 18.1. The maximum atomic E-state index is 15.5. The highest BCUT2D eigenvalue weighted by molar-refractivity contribution is 8.26. The minimum absolute atomic E-state index is 0.0425. The Balaban J connectivity index is 1.65. The van der Waals surface area contributed by atoms with Gasteiger partial charge in [0.1, 0.15) is 33.4 Å². The minimum atomic E-state index is -3.90. The fourth-order valence-corrected chi connectivity index (χ4v) is 6.33. The quantitative estimate of drug-likeness (QED) is 0.444. The van der Waals surface area contributed by atoms with Crippen molar-refractivity contribution in [2.75, 3.05) is 5.32 Å². The second-order valence-electron chi connectivity index (χ2n) is 8.41. The van der Waals surface area contributed by atoms with Crippen LogP contribution in [0, 0.1) is 12.7 Å². The first-order valence-corrected chi connectivity index (χ1v) is 11.7. The summed E-state index contributed by atoms with van der Waals surface area (Å²) >= 11 is 0. The molecule has 2 atom stereocenters. The molecule has 1 saturated carbocycles.